The standard InChI is InChI=1S/C12H20N2/c1-13-12(10-14(2)3)9-11-7-5-4-6-8-11/h4-8,12-13H,9-10H2,1-3H3/t12-/m1/s1. The lowest BCUT2D eigenvalue weighted by Crippen LogP contribution is -2.37. The minimum absolute atomic E-state index is 0.535. The summed E-state index contributed by atoms with van der Waals surface area (Å²) in [4.78, 5) is 2.21. The van der Waals surface area contributed by atoms with Crippen molar-refractivity contribution in [1.29, 1.82) is 0 Å². The Labute approximate surface area is 86.9 Å². The summed E-state index contributed by atoms with van der Waals surface area (Å²) in [5, 5.41) is 3.34. The molecule has 0 aromatic heterocycles. The maximum absolute atomic E-state index is 3.34. The molecule has 78 valence electrons. The van der Waals surface area contributed by atoms with Crippen molar-refractivity contribution in [1.82, 2.24) is 10.2 Å². The average molecular weight is 192 g/mol. The second kappa shape index (κ2) is 5.78. The van der Waals surface area contributed by atoms with Crippen molar-refractivity contribution in [2.45, 2.75) is 12.5 Å². The van der Waals surface area contributed by atoms with E-state index in [2.05, 4.69) is 54.6 Å². The molecule has 0 bridgehead atoms. The number of hydrogen-bond donors (Lipinski definition) is 1. The first-order valence-corrected chi connectivity index (χ1v) is 5.08. The molecule has 2 nitrogen and oxygen atoms in total. The summed E-state index contributed by atoms with van der Waals surface area (Å²) in [6.07, 6.45) is 1.09. The van der Waals surface area contributed by atoms with Crippen LogP contribution < -0.4 is 5.32 Å². The van der Waals surface area contributed by atoms with Gasteiger partial charge in [-0.2, -0.15) is 0 Å². The predicted molar refractivity (Wildman–Crippen MR) is 61.5 cm³/mol. The molecular formula is C12H20N2. The maximum Gasteiger partial charge on any atom is 0.0232 e. The lowest BCUT2D eigenvalue weighted by molar-refractivity contribution is 0.346. The van der Waals surface area contributed by atoms with Crippen molar-refractivity contribution in [3.8, 4) is 0 Å². The van der Waals surface area contributed by atoms with Crippen LogP contribution in [0.5, 0.6) is 0 Å². The highest BCUT2D eigenvalue weighted by Crippen LogP contribution is 2.03. The highest BCUT2D eigenvalue weighted by Gasteiger charge is 2.07. The van der Waals surface area contributed by atoms with Crippen LogP contribution in [0.3, 0.4) is 0 Å². The third-order valence-electron chi connectivity index (χ3n) is 2.32. The quantitative estimate of drug-likeness (QED) is 0.758. The van der Waals surface area contributed by atoms with Crippen LogP contribution >= 0.6 is 0 Å². The minimum Gasteiger partial charge on any atom is -0.315 e. The lowest BCUT2D eigenvalue weighted by Gasteiger charge is -2.20. The molecule has 1 aromatic carbocycles. The highest BCUT2D eigenvalue weighted by molar-refractivity contribution is 5.15. The lowest BCUT2D eigenvalue weighted by atomic mass is 10.1. The Morgan fingerprint density at radius 2 is 1.86 bits per heavy atom. The topological polar surface area (TPSA) is 15.3 Å². The Kier molecular flexibility index (Phi) is 4.63. The Bertz CT molecular complexity index is 244. The number of nitrogens with zero attached hydrogens (tertiary/aromatic N) is 1. The van der Waals surface area contributed by atoms with Gasteiger partial charge in [-0.15, -0.1) is 0 Å². The molecule has 0 radical (unpaired) electrons. The molecule has 1 N–H and O–H groups in total. The van der Waals surface area contributed by atoms with Gasteiger partial charge in [0.05, 0.1) is 0 Å². The molecule has 0 unspecified atom stereocenters. The van der Waals surface area contributed by atoms with Crippen LogP contribution in [-0.4, -0.2) is 38.6 Å². The molecule has 0 amide bonds. The van der Waals surface area contributed by atoms with Crippen molar-refractivity contribution in [2.75, 3.05) is 27.7 Å². The van der Waals surface area contributed by atoms with Gasteiger partial charge in [-0.1, -0.05) is 30.3 Å². The first kappa shape index (κ1) is 11.2. The minimum atomic E-state index is 0.535. The van der Waals surface area contributed by atoms with E-state index in [0.717, 1.165) is 13.0 Å². The van der Waals surface area contributed by atoms with Crippen LogP contribution in [0.25, 0.3) is 0 Å². The molecule has 0 heterocycles. The number of rotatable bonds is 5. The van der Waals surface area contributed by atoms with Gasteiger partial charge in [0.25, 0.3) is 0 Å². The summed E-state index contributed by atoms with van der Waals surface area (Å²) in [6, 6.07) is 11.1. The molecule has 0 aliphatic rings. The molecule has 0 aliphatic carbocycles. The maximum atomic E-state index is 3.34. The van der Waals surface area contributed by atoms with E-state index in [9.17, 15) is 0 Å². The fourth-order valence-electron chi connectivity index (χ4n) is 1.60. The van der Waals surface area contributed by atoms with E-state index < -0.39 is 0 Å². The Hall–Kier alpha value is -0.860. The van der Waals surface area contributed by atoms with E-state index in [-0.39, 0.29) is 0 Å². The SMILES string of the molecule is CN[C@H](Cc1ccccc1)CN(C)C. The first-order chi connectivity index (χ1) is 6.72. The van der Waals surface area contributed by atoms with Gasteiger partial charge in [0.2, 0.25) is 0 Å². The van der Waals surface area contributed by atoms with Gasteiger partial charge < -0.3 is 10.2 Å². The van der Waals surface area contributed by atoms with Crippen LogP contribution in [0, 0.1) is 0 Å². The third kappa shape index (κ3) is 3.90. The second-order valence-electron chi connectivity index (χ2n) is 3.94. The molecule has 1 aromatic rings. The Morgan fingerprint density at radius 1 is 1.21 bits per heavy atom. The number of benzene rings is 1. The molecule has 1 atom stereocenters. The molecule has 0 spiro atoms. The van der Waals surface area contributed by atoms with E-state index in [1.807, 2.05) is 7.05 Å². The molecule has 0 saturated heterocycles. The van der Waals surface area contributed by atoms with Crippen molar-refractivity contribution < 1.29 is 0 Å². The summed E-state index contributed by atoms with van der Waals surface area (Å²) in [5.74, 6) is 0. The third-order valence-corrected chi connectivity index (χ3v) is 2.32. The highest BCUT2D eigenvalue weighted by atomic mass is 15.1. The van der Waals surface area contributed by atoms with Crippen molar-refractivity contribution in [2.24, 2.45) is 0 Å². The predicted octanol–water partition coefficient (Wildman–Crippen LogP) is 1.38. The first-order valence-electron chi connectivity index (χ1n) is 5.08. The zero-order valence-corrected chi connectivity index (χ0v) is 9.33. The fraction of sp³-hybridized carbons (Fsp3) is 0.500. The zero-order chi connectivity index (χ0) is 10.4. The normalized spacial score (nSPS) is 13.1. The van der Waals surface area contributed by atoms with Crippen LogP contribution in [0.15, 0.2) is 30.3 Å². The molecule has 2 heteroatoms. The van der Waals surface area contributed by atoms with E-state index in [0.29, 0.717) is 6.04 Å². The molecule has 0 aliphatic heterocycles. The largest absolute Gasteiger partial charge is 0.315 e. The van der Waals surface area contributed by atoms with Crippen molar-refractivity contribution in [3.63, 3.8) is 0 Å². The molecule has 1 rings (SSSR count). The number of likely N-dealkylation sites (N-methyl/N-ethyl adjacent to an activating group) is 2. The summed E-state index contributed by atoms with van der Waals surface area (Å²) in [7, 11) is 6.24. The van der Waals surface area contributed by atoms with Gasteiger partial charge in [-0.3, -0.25) is 0 Å². The molecule has 0 saturated carbocycles. The smallest absolute Gasteiger partial charge is 0.0232 e. The van der Waals surface area contributed by atoms with Gasteiger partial charge in [-0.05, 0) is 33.1 Å². The van der Waals surface area contributed by atoms with Gasteiger partial charge in [0, 0.05) is 12.6 Å². The van der Waals surface area contributed by atoms with Crippen LogP contribution in [0.2, 0.25) is 0 Å². The number of nitrogens with one attached hydrogen (secondary N) is 1. The summed E-state index contributed by atoms with van der Waals surface area (Å²) in [5.41, 5.74) is 1.40. The monoisotopic (exact) mass is 192 g/mol. The van der Waals surface area contributed by atoms with Gasteiger partial charge in [0.1, 0.15) is 0 Å². The van der Waals surface area contributed by atoms with Gasteiger partial charge in [0.15, 0.2) is 0 Å². The van der Waals surface area contributed by atoms with Gasteiger partial charge in [-0.25, -0.2) is 0 Å². The van der Waals surface area contributed by atoms with Crippen LogP contribution in [0.4, 0.5) is 0 Å². The Balaban J connectivity index is 2.48. The van der Waals surface area contributed by atoms with Gasteiger partial charge >= 0.3 is 0 Å². The van der Waals surface area contributed by atoms with Crippen LogP contribution in [0.1, 0.15) is 5.56 Å². The van der Waals surface area contributed by atoms with E-state index >= 15 is 0 Å². The Morgan fingerprint density at radius 3 is 2.36 bits per heavy atom. The van der Waals surface area contributed by atoms with Crippen molar-refractivity contribution >= 4 is 0 Å². The summed E-state index contributed by atoms with van der Waals surface area (Å²) >= 11 is 0. The second-order valence-corrected chi connectivity index (χ2v) is 3.94. The van der Waals surface area contributed by atoms with E-state index in [1.54, 1.807) is 0 Å². The molecule has 14 heavy (non-hydrogen) atoms. The number of hydrogen-bond acceptors (Lipinski definition) is 2. The summed E-state index contributed by atoms with van der Waals surface area (Å²) < 4.78 is 0. The zero-order valence-electron chi connectivity index (χ0n) is 9.33. The van der Waals surface area contributed by atoms with Crippen molar-refractivity contribution in [3.05, 3.63) is 35.9 Å². The molecule has 0 fully saturated rings. The van der Waals surface area contributed by atoms with Crippen LogP contribution in [-0.2, 0) is 6.42 Å². The summed E-state index contributed by atoms with van der Waals surface area (Å²) in [6.45, 7) is 1.07. The average Bonchev–Trinajstić information content (AvgIpc) is 2.17. The van der Waals surface area contributed by atoms with E-state index in [4.69, 9.17) is 0 Å². The fourth-order valence-corrected chi connectivity index (χ4v) is 1.60. The molecular weight excluding hydrogens is 172 g/mol. The van der Waals surface area contributed by atoms with E-state index in [1.165, 1.54) is 5.56 Å².